The molecule has 0 aliphatic carbocycles. The van der Waals surface area contributed by atoms with Gasteiger partial charge in [0.2, 0.25) is 5.91 Å². The molecule has 0 unspecified atom stereocenters. The van der Waals surface area contributed by atoms with Gasteiger partial charge in [-0.3, -0.25) is 19.1 Å². The maximum Gasteiger partial charge on any atom is 0.328 e. The summed E-state index contributed by atoms with van der Waals surface area (Å²) in [5.41, 5.74) is 0.695. The van der Waals surface area contributed by atoms with Crippen molar-refractivity contribution in [1.29, 1.82) is 0 Å². The van der Waals surface area contributed by atoms with E-state index in [9.17, 15) is 14.4 Å². The number of carbonyl (C=O) groups excluding carboxylic acids is 1. The average molecular weight is 365 g/mol. The van der Waals surface area contributed by atoms with E-state index in [2.05, 4.69) is 4.98 Å². The van der Waals surface area contributed by atoms with Crippen molar-refractivity contribution in [1.82, 2.24) is 14.5 Å². The number of nitrogens with zero attached hydrogens (tertiary/aromatic N) is 2. The Morgan fingerprint density at radius 1 is 1.04 bits per heavy atom. The van der Waals surface area contributed by atoms with Gasteiger partial charge >= 0.3 is 5.69 Å². The number of benzene rings is 2. The van der Waals surface area contributed by atoms with Crippen LogP contribution in [0, 0.1) is 0 Å². The number of rotatable bonds is 6. The topological polar surface area (TPSA) is 75.2 Å². The molecule has 0 saturated heterocycles. The molecule has 6 nitrogen and oxygen atoms in total. The van der Waals surface area contributed by atoms with Gasteiger partial charge in [-0.1, -0.05) is 42.5 Å². The highest BCUT2D eigenvalue weighted by atomic mass is 16.2. The summed E-state index contributed by atoms with van der Waals surface area (Å²) in [6.45, 7) is 4.69. The Kier molecular flexibility index (Phi) is 5.54. The summed E-state index contributed by atoms with van der Waals surface area (Å²) in [7, 11) is 0. The minimum atomic E-state index is -0.495. The van der Waals surface area contributed by atoms with Crippen LogP contribution >= 0.6 is 0 Å². The van der Waals surface area contributed by atoms with Gasteiger partial charge in [-0.2, -0.15) is 0 Å². The zero-order chi connectivity index (χ0) is 19.4. The molecule has 1 heterocycles. The number of carbonyl (C=O) groups is 1. The van der Waals surface area contributed by atoms with Gasteiger partial charge in [-0.25, -0.2) is 4.79 Å². The second kappa shape index (κ2) is 8.03. The first-order valence-corrected chi connectivity index (χ1v) is 9.02. The number of amides is 1. The second-order valence-electron chi connectivity index (χ2n) is 6.78. The van der Waals surface area contributed by atoms with E-state index in [0.29, 0.717) is 17.4 Å². The van der Waals surface area contributed by atoms with E-state index in [1.807, 2.05) is 44.2 Å². The van der Waals surface area contributed by atoms with Crippen LogP contribution in [0.1, 0.15) is 25.8 Å². The zero-order valence-corrected chi connectivity index (χ0v) is 15.5. The van der Waals surface area contributed by atoms with E-state index in [-0.39, 0.29) is 24.9 Å². The molecule has 3 aromatic rings. The lowest BCUT2D eigenvalue weighted by atomic mass is 10.1. The molecule has 140 valence electrons. The van der Waals surface area contributed by atoms with Gasteiger partial charge in [0.25, 0.3) is 5.56 Å². The molecule has 0 fully saturated rings. The molecule has 0 aliphatic rings. The van der Waals surface area contributed by atoms with Gasteiger partial charge < -0.3 is 4.90 Å². The quantitative estimate of drug-likeness (QED) is 0.729. The lowest BCUT2D eigenvalue weighted by Crippen LogP contribution is -2.38. The third kappa shape index (κ3) is 4.16. The van der Waals surface area contributed by atoms with Gasteiger partial charge in [-0.05, 0) is 31.5 Å². The zero-order valence-electron chi connectivity index (χ0n) is 15.5. The van der Waals surface area contributed by atoms with Crippen LogP contribution in [0.15, 0.2) is 64.2 Å². The van der Waals surface area contributed by atoms with Gasteiger partial charge in [0.15, 0.2) is 0 Å². The van der Waals surface area contributed by atoms with E-state index < -0.39 is 11.2 Å². The maximum atomic E-state index is 12.8. The van der Waals surface area contributed by atoms with Crippen LogP contribution in [-0.2, 0) is 17.9 Å². The van der Waals surface area contributed by atoms with Gasteiger partial charge in [0.05, 0.1) is 10.9 Å². The normalized spacial score (nSPS) is 11.1. The van der Waals surface area contributed by atoms with E-state index in [1.54, 1.807) is 29.2 Å². The van der Waals surface area contributed by atoms with E-state index in [1.165, 1.54) is 4.57 Å². The second-order valence-corrected chi connectivity index (χ2v) is 6.78. The first-order valence-electron chi connectivity index (χ1n) is 9.02. The molecule has 3 rings (SSSR count). The summed E-state index contributed by atoms with van der Waals surface area (Å²) in [4.78, 5) is 41.1. The molecule has 0 bridgehead atoms. The van der Waals surface area contributed by atoms with Gasteiger partial charge in [0.1, 0.15) is 0 Å². The van der Waals surface area contributed by atoms with Crippen molar-refractivity contribution in [3.63, 3.8) is 0 Å². The smallest absolute Gasteiger partial charge is 0.328 e. The Labute approximate surface area is 157 Å². The van der Waals surface area contributed by atoms with Gasteiger partial charge in [-0.15, -0.1) is 0 Å². The number of aromatic nitrogens is 2. The first-order chi connectivity index (χ1) is 13.0. The number of aromatic amines is 1. The van der Waals surface area contributed by atoms with Crippen LogP contribution < -0.4 is 11.2 Å². The van der Waals surface area contributed by atoms with Crippen LogP contribution in [-0.4, -0.2) is 26.4 Å². The highest BCUT2D eigenvalue weighted by Crippen LogP contribution is 2.12. The molecule has 1 amide bonds. The Bertz CT molecular complexity index is 1050. The van der Waals surface area contributed by atoms with Crippen molar-refractivity contribution in [3.05, 3.63) is 81.0 Å². The summed E-state index contributed by atoms with van der Waals surface area (Å²) >= 11 is 0. The van der Waals surface area contributed by atoms with Crippen LogP contribution in [0.2, 0.25) is 0 Å². The summed E-state index contributed by atoms with van der Waals surface area (Å²) in [6.07, 6.45) is 0.182. The van der Waals surface area contributed by atoms with Crippen LogP contribution in [0.3, 0.4) is 0 Å². The minimum absolute atomic E-state index is 0.0314. The Morgan fingerprint density at radius 2 is 1.70 bits per heavy atom. The van der Waals surface area contributed by atoms with Crippen molar-refractivity contribution >= 4 is 16.8 Å². The fourth-order valence-electron chi connectivity index (χ4n) is 3.15. The maximum absolute atomic E-state index is 12.8. The van der Waals surface area contributed by atoms with Crippen molar-refractivity contribution in [2.75, 3.05) is 0 Å². The molecule has 0 radical (unpaired) electrons. The monoisotopic (exact) mass is 365 g/mol. The number of hydrogen-bond donors (Lipinski definition) is 1. The van der Waals surface area contributed by atoms with Crippen molar-refractivity contribution in [3.8, 4) is 0 Å². The molecule has 0 aliphatic heterocycles. The number of hydrogen-bond acceptors (Lipinski definition) is 3. The molecule has 6 heteroatoms. The molecule has 27 heavy (non-hydrogen) atoms. The predicted octanol–water partition coefficient (Wildman–Crippen LogP) is 2.52. The molecule has 1 aromatic heterocycles. The fraction of sp³-hybridized carbons (Fsp3) is 0.286. The van der Waals surface area contributed by atoms with Crippen molar-refractivity contribution in [2.45, 2.75) is 39.4 Å². The fourth-order valence-corrected chi connectivity index (χ4v) is 3.15. The number of H-pyrrole nitrogens is 1. The molecule has 2 aromatic carbocycles. The van der Waals surface area contributed by atoms with Crippen molar-refractivity contribution < 1.29 is 4.79 Å². The third-order valence-electron chi connectivity index (χ3n) is 4.59. The lowest BCUT2D eigenvalue weighted by Gasteiger charge is -2.27. The molecular formula is C21H23N3O3. The predicted molar refractivity (Wildman–Crippen MR) is 106 cm³/mol. The lowest BCUT2D eigenvalue weighted by molar-refractivity contribution is -0.133. The number of nitrogens with one attached hydrogen (secondary N) is 1. The van der Waals surface area contributed by atoms with Gasteiger partial charge in [0, 0.05) is 25.6 Å². The van der Waals surface area contributed by atoms with Crippen LogP contribution in [0.4, 0.5) is 0 Å². The Balaban J connectivity index is 1.81. The third-order valence-corrected chi connectivity index (χ3v) is 4.59. The Hall–Kier alpha value is -3.15. The Morgan fingerprint density at radius 3 is 2.41 bits per heavy atom. The largest absolute Gasteiger partial charge is 0.336 e. The highest BCUT2D eigenvalue weighted by molar-refractivity contribution is 5.79. The molecule has 1 N–H and O–H groups in total. The van der Waals surface area contributed by atoms with Crippen molar-refractivity contribution in [2.24, 2.45) is 0 Å². The summed E-state index contributed by atoms with van der Waals surface area (Å²) < 4.78 is 1.45. The van der Waals surface area contributed by atoms with E-state index >= 15 is 0 Å². The van der Waals surface area contributed by atoms with E-state index in [4.69, 9.17) is 0 Å². The summed E-state index contributed by atoms with van der Waals surface area (Å²) in [5.74, 6) is -0.0314. The molecular weight excluding hydrogens is 342 g/mol. The number of fused-ring (bicyclic) bond motifs is 1. The van der Waals surface area contributed by atoms with Crippen LogP contribution in [0.25, 0.3) is 10.9 Å². The number of aryl methyl sites for hydroxylation is 1. The SMILES string of the molecule is CC(C)N(Cc1ccccc1)C(=O)CCn1c(=O)[nH]c(=O)c2ccccc21. The average Bonchev–Trinajstić information content (AvgIpc) is 2.66. The number of para-hydroxylation sites is 1. The summed E-state index contributed by atoms with van der Waals surface area (Å²) in [5, 5.41) is 0.439. The first kappa shape index (κ1) is 18.6. The molecule has 0 atom stereocenters. The minimum Gasteiger partial charge on any atom is -0.336 e. The molecule has 0 saturated carbocycles. The standard InChI is InChI=1S/C21H23N3O3/c1-15(2)24(14-16-8-4-3-5-9-16)19(25)12-13-23-18-11-7-6-10-17(18)20(26)22-21(23)27/h3-11,15H,12-14H2,1-2H3,(H,22,26,27). The molecule has 0 spiro atoms. The van der Waals surface area contributed by atoms with Crippen LogP contribution in [0.5, 0.6) is 0 Å². The summed E-state index contributed by atoms with van der Waals surface area (Å²) in [6, 6.07) is 16.8. The highest BCUT2D eigenvalue weighted by Gasteiger charge is 2.18. The van der Waals surface area contributed by atoms with E-state index in [0.717, 1.165) is 5.56 Å².